The summed E-state index contributed by atoms with van der Waals surface area (Å²) in [6, 6.07) is 0. The maximum absolute atomic E-state index is 11.3. The first kappa shape index (κ1) is 14.0. The predicted molar refractivity (Wildman–Crippen MR) is 76.6 cm³/mol. The number of rotatable bonds is 6. The quantitative estimate of drug-likeness (QED) is 0.830. The van der Waals surface area contributed by atoms with E-state index in [4.69, 9.17) is 4.74 Å². The fraction of sp³-hybridized carbons (Fsp3) is 0.417. The van der Waals surface area contributed by atoms with Crippen molar-refractivity contribution in [3.63, 3.8) is 0 Å². The molecule has 102 valence electrons. The summed E-state index contributed by atoms with van der Waals surface area (Å²) in [4.78, 5) is 21.0. The molecule has 0 aliphatic carbocycles. The molecule has 0 bridgehead atoms. The smallest absolute Gasteiger partial charge is 0.311 e. The lowest BCUT2D eigenvalue weighted by Crippen LogP contribution is -2.07. The molecule has 0 spiro atoms. The van der Waals surface area contributed by atoms with Gasteiger partial charge in [-0.2, -0.15) is 0 Å². The van der Waals surface area contributed by atoms with Gasteiger partial charge in [0.15, 0.2) is 5.13 Å². The Kier molecular flexibility index (Phi) is 4.86. The van der Waals surface area contributed by atoms with Crippen molar-refractivity contribution in [3.8, 4) is 0 Å². The van der Waals surface area contributed by atoms with Crippen molar-refractivity contribution < 1.29 is 9.53 Å². The standard InChI is InChI=1S/C12H15N3O2S2/c1-3-17-11(16)4-9-7-18-12(15-9)14-6-10-5-13-8(2)19-10/h5,7H,3-4,6H2,1-2H3,(H,14,15). The van der Waals surface area contributed by atoms with Crippen LogP contribution in [0.4, 0.5) is 5.13 Å². The van der Waals surface area contributed by atoms with Crippen molar-refractivity contribution in [1.29, 1.82) is 0 Å². The number of hydrogen-bond acceptors (Lipinski definition) is 7. The normalized spacial score (nSPS) is 10.4. The third-order valence-corrected chi connectivity index (χ3v) is 4.03. The number of carbonyl (C=O) groups is 1. The summed E-state index contributed by atoms with van der Waals surface area (Å²) in [6.45, 7) is 4.88. The topological polar surface area (TPSA) is 64.1 Å². The molecule has 0 aliphatic heterocycles. The molecule has 0 saturated heterocycles. The average molecular weight is 297 g/mol. The number of aryl methyl sites for hydroxylation is 1. The molecule has 0 unspecified atom stereocenters. The van der Waals surface area contributed by atoms with E-state index in [0.717, 1.165) is 15.8 Å². The van der Waals surface area contributed by atoms with E-state index in [0.29, 0.717) is 13.2 Å². The Morgan fingerprint density at radius 2 is 2.37 bits per heavy atom. The third kappa shape index (κ3) is 4.29. The summed E-state index contributed by atoms with van der Waals surface area (Å²) in [6.07, 6.45) is 2.09. The number of hydrogen-bond donors (Lipinski definition) is 1. The highest BCUT2D eigenvalue weighted by Crippen LogP contribution is 2.18. The van der Waals surface area contributed by atoms with Gasteiger partial charge in [0.2, 0.25) is 0 Å². The maximum Gasteiger partial charge on any atom is 0.311 e. The van der Waals surface area contributed by atoms with Crippen LogP contribution in [-0.2, 0) is 22.5 Å². The number of carbonyl (C=O) groups excluding carboxylic acids is 1. The first-order valence-electron chi connectivity index (χ1n) is 5.92. The van der Waals surface area contributed by atoms with Crippen molar-refractivity contribution >= 4 is 33.8 Å². The van der Waals surface area contributed by atoms with E-state index in [2.05, 4.69) is 15.3 Å². The van der Waals surface area contributed by atoms with E-state index >= 15 is 0 Å². The van der Waals surface area contributed by atoms with Crippen LogP contribution >= 0.6 is 22.7 Å². The number of anilines is 1. The van der Waals surface area contributed by atoms with Crippen molar-refractivity contribution in [2.45, 2.75) is 26.8 Å². The number of esters is 1. The highest BCUT2D eigenvalue weighted by molar-refractivity contribution is 7.13. The molecule has 7 heteroatoms. The molecule has 0 atom stereocenters. The molecule has 2 aromatic rings. The zero-order chi connectivity index (χ0) is 13.7. The van der Waals surface area contributed by atoms with Gasteiger partial charge >= 0.3 is 5.97 Å². The zero-order valence-corrected chi connectivity index (χ0v) is 12.4. The Hall–Kier alpha value is -1.47. The van der Waals surface area contributed by atoms with Gasteiger partial charge in [-0.15, -0.1) is 22.7 Å². The minimum Gasteiger partial charge on any atom is -0.466 e. The molecule has 0 aromatic carbocycles. The molecule has 0 fully saturated rings. The monoisotopic (exact) mass is 297 g/mol. The van der Waals surface area contributed by atoms with Crippen LogP contribution in [0.25, 0.3) is 0 Å². The highest BCUT2D eigenvalue weighted by Gasteiger charge is 2.08. The molecule has 0 amide bonds. The van der Waals surface area contributed by atoms with Gasteiger partial charge < -0.3 is 10.1 Å². The molecule has 19 heavy (non-hydrogen) atoms. The van der Waals surface area contributed by atoms with Crippen molar-refractivity contribution in [2.24, 2.45) is 0 Å². The zero-order valence-electron chi connectivity index (χ0n) is 10.8. The van der Waals surface area contributed by atoms with Crippen LogP contribution < -0.4 is 5.32 Å². The second-order valence-electron chi connectivity index (χ2n) is 3.82. The summed E-state index contributed by atoms with van der Waals surface area (Å²) >= 11 is 3.15. The number of nitrogens with one attached hydrogen (secondary N) is 1. The van der Waals surface area contributed by atoms with E-state index in [1.165, 1.54) is 16.2 Å². The van der Waals surface area contributed by atoms with E-state index in [-0.39, 0.29) is 12.4 Å². The van der Waals surface area contributed by atoms with Crippen molar-refractivity contribution in [2.75, 3.05) is 11.9 Å². The first-order chi connectivity index (χ1) is 9.17. The van der Waals surface area contributed by atoms with Gasteiger partial charge in [-0.25, -0.2) is 9.97 Å². The number of nitrogens with zero attached hydrogens (tertiary/aromatic N) is 2. The molecule has 0 radical (unpaired) electrons. The number of ether oxygens (including phenoxy) is 1. The average Bonchev–Trinajstić information content (AvgIpc) is 2.96. The lowest BCUT2D eigenvalue weighted by Gasteiger charge is -1.99. The van der Waals surface area contributed by atoms with Gasteiger partial charge in [-0.1, -0.05) is 0 Å². The van der Waals surface area contributed by atoms with Gasteiger partial charge in [-0.05, 0) is 13.8 Å². The first-order valence-corrected chi connectivity index (χ1v) is 7.62. The van der Waals surface area contributed by atoms with Gasteiger partial charge in [-0.3, -0.25) is 4.79 Å². The minimum absolute atomic E-state index is 0.228. The molecular formula is C12H15N3O2S2. The van der Waals surface area contributed by atoms with E-state index in [1.54, 1.807) is 18.3 Å². The van der Waals surface area contributed by atoms with E-state index in [1.807, 2.05) is 18.5 Å². The van der Waals surface area contributed by atoms with Crippen LogP contribution in [0.3, 0.4) is 0 Å². The molecule has 0 saturated carbocycles. The molecule has 2 rings (SSSR count). The maximum atomic E-state index is 11.3. The fourth-order valence-electron chi connectivity index (χ4n) is 1.48. The number of aromatic nitrogens is 2. The van der Waals surface area contributed by atoms with Gasteiger partial charge in [0, 0.05) is 16.5 Å². The third-order valence-electron chi connectivity index (χ3n) is 2.27. The number of thiazole rings is 2. The predicted octanol–water partition coefficient (Wildman–Crippen LogP) is 2.63. The summed E-state index contributed by atoms with van der Waals surface area (Å²) in [7, 11) is 0. The van der Waals surface area contributed by atoms with Gasteiger partial charge in [0.1, 0.15) is 0 Å². The second kappa shape index (κ2) is 6.63. The van der Waals surface area contributed by atoms with Crippen LogP contribution in [0.2, 0.25) is 0 Å². The summed E-state index contributed by atoms with van der Waals surface area (Å²) in [5.41, 5.74) is 0.742. The Balaban J connectivity index is 1.85. The van der Waals surface area contributed by atoms with E-state index < -0.39 is 0 Å². The van der Waals surface area contributed by atoms with Crippen LogP contribution in [0, 0.1) is 6.92 Å². The largest absolute Gasteiger partial charge is 0.466 e. The lowest BCUT2D eigenvalue weighted by atomic mass is 10.3. The van der Waals surface area contributed by atoms with Crippen molar-refractivity contribution in [3.05, 3.63) is 27.2 Å². The Labute approximate surface area is 119 Å². The molecule has 5 nitrogen and oxygen atoms in total. The molecule has 1 N–H and O–H groups in total. The second-order valence-corrected chi connectivity index (χ2v) is 6.00. The minimum atomic E-state index is -0.238. The summed E-state index contributed by atoms with van der Waals surface area (Å²) < 4.78 is 4.89. The van der Waals surface area contributed by atoms with Crippen LogP contribution in [0.5, 0.6) is 0 Å². The van der Waals surface area contributed by atoms with Gasteiger partial charge in [0.25, 0.3) is 0 Å². The van der Waals surface area contributed by atoms with Crippen LogP contribution in [-0.4, -0.2) is 22.5 Å². The lowest BCUT2D eigenvalue weighted by molar-refractivity contribution is -0.142. The van der Waals surface area contributed by atoms with Crippen LogP contribution in [0.15, 0.2) is 11.6 Å². The Morgan fingerprint density at radius 3 is 3.05 bits per heavy atom. The van der Waals surface area contributed by atoms with E-state index in [9.17, 15) is 4.79 Å². The fourth-order valence-corrected chi connectivity index (χ4v) is 2.92. The Morgan fingerprint density at radius 1 is 1.53 bits per heavy atom. The molecule has 2 aromatic heterocycles. The van der Waals surface area contributed by atoms with Gasteiger partial charge in [0.05, 0.1) is 30.3 Å². The summed E-state index contributed by atoms with van der Waals surface area (Å²) in [5.74, 6) is -0.238. The molecular weight excluding hydrogens is 282 g/mol. The SMILES string of the molecule is CCOC(=O)Cc1csc(NCc2cnc(C)s2)n1. The summed E-state index contributed by atoms with van der Waals surface area (Å²) in [5, 5.41) is 6.96. The molecule has 2 heterocycles. The van der Waals surface area contributed by atoms with Crippen molar-refractivity contribution in [1.82, 2.24) is 9.97 Å². The van der Waals surface area contributed by atoms with Crippen LogP contribution in [0.1, 0.15) is 22.5 Å². The molecule has 0 aliphatic rings. The Bertz CT molecular complexity index is 551. The highest BCUT2D eigenvalue weighted by atomic mass is 32.1.